The van der Waals surface area contributed by atoms with Crippen molar-refractivity contribution in [3.05, 3.63) is 76.9 Å². The Morgan fingerprint density at radius 1 is 0.490 bits per heavy atom. The lowest BCUT2D eigenvalue weighted by Gasteiger charge is -2.36. The smallest absolute Gasteiger partial charge is 0.125 e. The molecule has 580 valence electrons. The number of benzene rings is 1. The number of hydrogen-bond donors (Lipinski definition) is 0. The molecular formula is C94H192O2. The molecule has 6 fully saturated rings. The second-order valence-electron chi connectivity index (χ2n) is 29.8. The minimum atomic E-state index is 0.369. The van der Waals surface area contributed by atoms with E-state index in [2.05, 4.69) is 202 Å². The highest BCUT2D eigenvalue weighted by Gasteiger charge is 2.36. The Labute approximate surface area is 614 Å². The van der Waals surface area contributed by atoms with Crippen molar-refractivity contribution in [2.45, 2.75) is 436 Å². The summed E-state index contributed by atoms with van der Waals surface area (Å²) in [7, 11) is 0. The van der Waals surface area contributed by atoms with Gasteiger partial charge in [0.15, 0.2) is 0 Å². The van der Waals surface area contributed by atoms with Crippen LogP contribution < -0.4 is 4.74 Å². The molecule has 1 aromatic carbocycles. The van der Waals surface area contributed by atoms with Gasteiger partial charge in [-0.15, -0.1) is 0 Å². The molecule has 0 radical (unpaired) electrons. The first-order valence-electron chi connectivity index (χ1n) is 42.4. The lowest BCUT2D eigenvalue weighted by Crippen LogP contribution is -2.27. The normalized spacial score (nSPS) is 22.1. The Morgan fingerprint density at radius 2 is 0.917 bits per heavy atom. The minimum absolute atomic E-state index is 0.369. The quantitative estimate of drug-likeness (QED) is 0.145. The largest absolute Gasteiger partial charge is 0.493 e. The molecule has 0 heterocycles. The summed E-state index contributed by atoms with van der Waals surface area (Å²) in [5.41, 5.74) is 6.25. The van der Waals surface area contributed by atoms with Crippen LogP contribution in [0, 0.1) is 90.8 Å². The zero-order chi connectivity index (χ0) is 76.4. The number of allylic oxidation sites excluding steroid dienone is 8. The van der Waals surface area contributed by atoms with Crippen LogP contribution in [0.25, 0.3) is 0 Å². The summed E-state index contributed by atoms with van der Waals surface area (Å²) < 4.78 is 11.3. The molecule has 9 atom stereocenters. The molecule has 2 heteroatoms. The molecule has 0 saturated heterocycles. The van der Waals surface area contributed by atoms with E-state index < -0.39 is 0 Å². The van der Waals surface area contributed by atoms with Gasteiger partial charge in [-0.1, -0.05) is 363 Å². The van der Waals surface area contributed by atoms with Crippen LogP contribution in [0.5, 0.6) is 5.75 Å². The van der Waals surface area contributed by atoms with Gasteiger partial charge in [-0.05, 0) is 220 Å². The number of hydrogen-bond acceptors (Lipinski definition) is 2. The van der Waals surface area contributed by atoms with Crippen molar-refractivity contribution in [3.8, 4) is 5.75 Å². The van der Waals surface area contributed by atoms with E-state index in [0.717, 1.165) is 97.6 Å². The SMILES string of the molecule is C/C=C/C.C/C=C/CC.C/C=C/CCC.CC.CC.CC.CC.CC.CC1(C)CCCCC1.CC1CC2CCC1C2.CC1CCC(C)C(C)C1C.CC1CCCCC1.CC1CCCCC1C.CC=C(C)C.CCCCOCC(C)(C)CC.CCCCOc1c(C)ccc(C)c1C. The Balaban J connectivity index is -0.000000124. The fourth-order valence-electron chi connectivity index (χ4n) is 11.7. The predicted octanol–water partition coefficient (Wildman–Crippen LogP) is 34.2. The van der Waals surface area contributed by atoms with E-state index in [0.29, 0.717) is 10.8 Å². The minimum Gasteiger partial charge on any atom is -0.493 e. The highest BCUT2D eigenvalue weighted by molar-refractivity contribution is 5.44. The summed E-state index contributed by atoms with van der Waals surface area (Å²) in [5.74, 6) is 11.3. The van der Waals surface area contributed by atoms with Gasteiger partial charge in [0.1, 0.15) is 5.75 Å². The van der Waals surface area contributed by atoms with E-state index >= 15 is 0 Å². The monoisotopic (exact) mass is 1350 g/mol. The fourth-order valence-corrected chi connectivity index (χ4v) is 11.7. The van der Waals surface area contributed by atoms with Gasteiger partial charge < -0.3 is 9.47 Å². The van der Waals surface area contributed by atoms with Crippen LogP contribution in [-0.2, 0) is 4.74 Å². The Morgan fingerprint density at radius 3 is 1.19 bits per heavy atom. The average molecular weight is 1350 g/mol. The van der Waals surface area contributed by atoms with Crippen molar-refractivity contribution in [1.82, 2.24) is 0 Å². The maximum atomic E-state index is 5.79. The fraction of sp³-hybridized carbons (Fsp3) is 0.851. The van der Waals surface area contributed by atoms with Gasteiger partial charge in [0.2, 0.25) is 0 Å². The molecule has 6 saturated carbocycles. The van der Waals surface area contributed by atoms with Gasteiger partial charge in [-0.3, -0.25) is 0 Å². The first kappa shape index (κ1) is 112. The summed E-state index contributed by atoms with van der Waals surface area (Å²) in [6.07, 6.45) is 53.9. The van der Waals surface area contributed by atoms with Crippen LogP contribution in [0.1, 0.15) is 432 Å². The summed E-state index contributed by atoms with van der Waals surface area (Å²) in [6.45, 7) is 82.6. The topological polar surface area (TPSA) is 18.5 Å². The third-order valence-electron chi connectivity index (χ3n) is 20.2. The third-order valence-corrected chi connectivity index (χ3v) is 20.2. The van der Waals surface area contributed by atoms with Gasteiger partial charge in [-0.2, -0.15) is 0 Å². The lowest BCUT2D eigenvalue weighted by molar-refractivity contribution is 0.0587. The van der Waals surface area contributed by atoms with Gasteiger partial charge in [0.05, 0.1) is 13.2 Å². The van der Waals surface area contributed by atoms with E-state index in [1.165, 1.54) is 164 Å². The van der Waals surface area contributed by atoms with Crippen LogP contribution in [0.15, 0.2) is 60.2 Å². The Bertz CT molecular complexity index is 1670. The van der Waals surface area contributed by atoms with Crippen LogP contribution >= 0.6 is 0 Å². The van der Waals surface area contributed by atoms with Gasteiger partial charge in [0.25, 0.3) is 0 Å². The standard InChI is InChI=1S/C13H20O.C10H22O.C10H20.C8H14.2C8H16.C7H14.C6H12.2C5H10.C4H8.5C2H6/c1-5-6-9-14-13-11(3)8-7-10(2)12(13)4;1-5-7-8-11-9-10(3,4)6-2;1-7-5-6-8(2)10(4)9(7)3;1-6-4-7-2-3-8(6)5-7;1-8(2)6-4-3-5-7-8;1-7-5-3-4-6-8(7)2;1-7-5-3-2-4-6-7;1-3-5-6-4-2;1-4-5(2)3;1-3-5-4-2;1-3-4-2;5*1-2/h7-8H,5-6,9H2,1-4H3;5-9H2,1-4H3;7-10H,5-6H2,1-4H3;6-8H,2-5H2,1H3;3-7H2,1-2H3;7-8H,3-6H2,1-2H3;7H,2-6H2,1H3;3,5H,4,6H2,1-2H3;4H,1-3H3;3,5H,4H2,1-2H3;3-4H,1-2H3;5*1-2H3/b;;;;;;;5-3+;;5-3+;4-3+;;;;;. The zero-order valence-electron chi connectivity index (χ0n) is 74.2. The second kappa shape index (κ2) is 83.6. The van der Waals surface area contributed by atoms with E-state index in [1.807, 2.05) is 109 Å². The third kappa shape index (κ3) is 74.6. The van der Waals surface area contributed by atoms with Crippen LogP contribution in [-0.4, -0.2) is 19.8 Å². The number of ether oxygens (including phenoxy) is 2. The summed E-state index contributed by atoms with van der Waals surface area (Å²) in [4.78, 5) is 0. The van der Waals surface area contributed by atoms with E-state index in [9.17, 15) is 0 Å². The van der Waals surface area contributed by atoms with Crippen LogP contribution in [0.4, 0.5) is 0 Å². The lowest BCUT2D eigenvalue weighted by atomic mass is 9.69. The number of aryl methyl sites for hydroxylation is 2. The molecule has 1 aromatic rings. The Hall–Kier alpha value is -2.06. The summed E-state index contributed by atoms with van der Waals surface area (Å²) in [5, 5.41) is 0. The van der Waals surface area contributed by atoms with Crippen molar-refractivity contribution in [1.29, 1.82) is 0 Å². The molecule has 0 aliphatic heterocycles. The maximum Gasteiger partial charge on any atom is 0.125 e. The van der Waals surface area contributed by atoms with Crippen molar-refractivity contribution < 1.29 is 9.47 Å². The molecule has 0 N–H and O–H groups in total. The highest BCUT2D eigenvalue weighted by atomic mass is 16.5. The zero-order valence-corrected chi connectivity index (χ0v) is 74.2. The van der Waals surface area contributed by atoms with E-state index in [4.69, 9.17) is 9.47 Å². The van der Waals surface area contributed by atoms with Crippen molar-refractivity contribution in [3.63, 3.8) is 0 Å². The van der Waals surface area contributed by atoms with Crippen LogP contribution in [0.3, 0.4) is 0 Å². The van der Waals surface area contributed by atoms with Crippen LogP contribution in [0.2, 0.25) is 0 Å². The molecule has 9 unspecified atom stereocenters. The average Bonchev–Trinajstić information content (AvgIpc) is 1.58. The molecule has 0 amide bonds. The molecule has 6 aliphatic rings. The molecule has 7 rings (SSSR count). The molecule has 2 nitrogen and oxygen atoms in total. The highest BCUT2D eigenvalue weighted by Crippen LogP contribution is 2.48. The molecule has 6 aliphatic carbocycles. The predicted molar refractivity (Wildman–Crippen MR) is 454 cm³/mol. The first-order chi connectivity index (χ1) is 45.7. The van der Waals surface area contributed by atoms with Crippen molar-refractivity contribution in [2.75, 3.05) is 19.8 Å². The number of fused-ring (bicyclic) bond motifs is 2. The molecule has 0 aromatic heterocycles. The van der Waals surface area contributed by atoms with Gasteiger partial charge >= 0.3 is 0 Å². The number of unbranched alkanes of at least 4 members (excludes halogenated alkanes) is 3. The summed E-state index contributed by atoms with van der Waals surface area (Å²) >= 11 is 0. The molecular weight excluding hydrogens is 1160 g/mol. The van der Waals surface area contributed by atoms with E-state index in [1.54, 1.807) is 25.7 Å². The second-order valence-corrected chi connectivity index (χ2v) is 29.8. The molecule has 96 heavy (non-hydrogen) atoms. The Kier molecular flexibility index (Phi) is 97.9. The molecule has 2 bridgehead atoms. The van der Waals surface area contributed by atoms with Crippen molar-refractivity contribution in [2.24, 2.45) is 70.0 Å². The van der Waals surface area contributed by atoms with Gasteiger partial charge in [0, 0.05) is 6.61 Å². The summed E-state index contributed by atoms with van der Waals surface area (Å²) in [6, 6.07) is 4.28. The van der Waals surface area contributed by atoms with Gasteiger partial charge in [-0.25, -0.2) is 0 Å². The van der Waals surface area contributed by atoms with E-state index in [-0.39, 0.29) is 0 Å². The maximum absolute atomic E-state index is 5.79. The number of rotatable bonds is 13. The van der Waals surface area contributed by atoms with Crippen molar-refractivity contribution >= 4 is 0 Å². The first-order valence-corrected chi connectivity index (χ1v) is 42.4. The molecule has 0 spiro atoms.